The van der Waals surface area contributed by atoms with Crippen LogP contribution in [0.4, 0.5) is 0 Å². The van der Waals surface area contributed by atoms with Crippen LogP contribution < -0.4 is 0 Å². The predicted octanol–water partition coefficient (Wildman–Crippen LogP) is 10.2. The standard InChI is InChI=1S/2C23H19N3.Ir/c2*1-3-10-22-18(6-1)12-14-25(22)16-20-8-5-9-21(24-20)17-26-15-13-19-7-2-4-11-23(19)26;/h2*1-15H,16-17H2;. The molecule has 0 aliphatic rings. The van der Waals surface area contributed by atoms with E-state index in [2.05, 4.69) is 201 Å². The van der Waals surface area contributed by atoms with Crippen molar-refractivity contribution in [2.75, 3.05) is 0 Å². The largest absolute Gasteiger partial charge is 0.341 e. The molecule has 0 saturated heterocycles. The minimum Gasteiger partial charge on any atom is -0.341 e. The molecule has 261 valence electrons. The van der Waals surface area contributed by atoms with Crippen molar-refractivity contribution < 1.29 is 20.1 Å². The maximum atomic E-state index is 4.89. The number of aromatic nitrogens is 6. The van der Waals surface area contributed by atoms with E-state index >= 15 is 0 Å². The molecule has 0 fully saturated rings. The minimum atomic E-state index is 0. The van der Waals surface area contributed by atoms with Gasteiger partial charge in [-0.2, -0.15) is 0 Å². The monoisotopic (exact) mass is 867 g/mol. The van der Waals surface area contributed by atoms with Gasteiger partial charge in [0.05, 0.1) is 49.0 Å². The molecule has 0 aliphatic carbocycles. The zero-order chi connectivity index (χ0) is 34.7. The molecule has 0 unspecified atom stereocenters. The molecule has 0 bridgehead atoms. The summed E-state index contributed by atoms with van der Waals surface area (Å²) < 4.78 is 9.03. The smallest absolute Gasteiger partial charge is 0.0648 e. The summed E-state index contributed by atoms with van der Waals surface area (Å²) in [7, 11) is 0. The summed E-state index contributed by atoms with van der Waals surface area (Å²) in [6, 6.07) is 55.1. The van der Waals surface area contributed by atoms with Crippen LogP contribution in [-0.2, 0) is 46.3 Å². The van der Waals surface area contributed by atoms with Gasteiger partial charge in [0.1, 0.15) is 0 Å². The van der Waals surface area contributed by atoms with Crippen molar-refractivity contribution in [1.29, 1.82) is 0 Å². The van der Waals surface area contributed by atoms with Gasteiger partial charge in [0.25, 0.3) is 0 Å². The van der Waals surface area contributed by atoms with Gasteiger partial charge in [-0.05, 0) is 94.3 Å². The Bertz CT molecular complexity index is 2410. The summed E-state index contributed by atoms with van der Waals surface area (Å²) in [6.45, 7) is 3.14. The maximum absolute atomic E-state index is 4.89. The van der Waals surface area contributed by atoms with E-state index in [0.29, 0.717) is 0 Å². The molecule has 10 aromatic rings. The number of hydrogen-bond donors (Lipinski definition) is 0. The number of fused-ring (bicyclic) bond motifs is 4. The summed E-state index contributed by atoms with van der Waals surface area (Å²) in [4.78, 5) is 9.79. The minimum absolute atomic E-state index is 0. The van der Waals surface area contributed by atoms with Crippen LogP contribution in [0.3, 0.4) is 0 Å². The van der Waals surface area contributed by atoms with Crippen molar-refractivity contribution in [2.24, 2.45) is 0 Å². The zero-order valence-corrected chi connectivity index (χ0v) is 31.6. The van der Waals surface area contributed by atoms with Gasteiger partial charge < -0.3 is 18.3 Å². The summed E-state index contributed by atoms with van der Waals surface area (Å²) >= 11 is 0. The first-order valence-corrected chi connectivity index (χ1v) is 17.8. The SMILES string of the molecule is [Ir].c1cc(Cn2ccc3ccccc32)nc(Cn2ccc3ccccc32)c1.c1cc(Cn2ccc3ccccc32)nc(Cn2ccc3ccccc32)c1. The van der Waals surface area contributed by atoms with Gasteiger partial charge in [-0.3, -0.25) is 9.97 Å². The second-order valence-electron chi connectivity index (χ2n) is 13.3. The van der Waals surface area contributed by atoms with E-state index in [1.54, 1.807) is 0 Å². The first-order chi connectivity index (χ1) is 25.7. The van der Waals surface area contributed by atoms with Crippen LogP contribution in [0.15, 0.2) is 183 Å². The summed E-state index contributed by atoms with van der Waals surface area (Å²) in [5, 5.41) is 5.06. The van der Waals surface area contributed by atoms with Crippen molar-refractivity contribution in [2.45, 2.75) is 26.2 Å². The van der Waals surface area contributed by atoms with E-state index in [1.165, 1.54) is 43.6 Å². The van der Waals surface area contributed by atoms with Gasteiger partial charge in [-0.1, -0.05) is 84.9 Å². The second kappa shape index (κ2) is 15.3. The van der Waals surface area contributed by atoms with Crippen molar-refractivity contribution >= 4 is 43.6 Å². The van der Waals surface area contributed by atoms with E-state index in [4.69, 9.17) is 9.97 Å². The topological polar surface area (TPSA) is 45.5 Å². The fraction of sp³-hybridized carbons (Fsp3) is 0.0870. The van der Waals surface area contributed by atoms with Crippen LogP contribution in [-0.4, -0.2) is 28.2 Å². The van der Waals surface area contributed by atoms with Gasteiger partial charge in [-0.15, -0.1) is 0 Å². The van der Waals surface area contributed by atoms with Crippen LogP contribution in [0, 0.1) is 0 Å². The molecule has 0 spiro atoms. The average molecular weight is 867 g/mol. The molecule has 0 saturated carbocycles. The Balaban J connectivity index is 0.000000148. The second-order valence-corrected chi connectivity index (χ2v) is 13.3. The number of benzene rings is 4. The first-order valence-electron chi connectivity index (χ1n) is 17.8. The molecule has 1 radical (unpaired) electrons. The Morgan fingerprint density at radius 3 is 0.792 bits per heavy atom. The van der Waals surface area contributed by atoms with E-state index in [1.807, 2.05) is 0 Å². The fourth-order valence-corrected chi connectivity index (χ4v) is 7.22. The molecular formula is C46H38IrN6. The number of rotatable bonds is 8. The average Bonchev–Trinajstić information content (AvgIpc) is 3.99. The Labute approximate surface area is 322 Å². The predicted molar refractivity (Wildman–Crippen MR) is 213 cm³/mol. The molecule has 0 amide bonds. The van der Waals surface area contributed by atoms with Crippen molar-refractivity contribution in [1.82, 2.24) is 28.2 Å². The molecule has 0 N–H and O–H groups in total. The number of hydrogen-bond acceptors (Lipinski definition) is 2. The molecule has 7 heteroatoms. The molecule has 53 heavy (non-hydrogen) atoms. The number of pyridine rings is 2. The molecule has 6 aromatic heterocycles. The molecule has 6 nitrogen and oxygen atoms in total. The van der Waals surface area contributed by atoms with Crippen LogP contribution in [0.25, 0.3) is 43.6 Å². The van der Waals surface area contributed by atoms with Gasteiger partial charge in [-0.25, -0.2) is 0 Å². The molecule has 10 rings (SSSR count). The molecule has 4 aromatic carbocycles. The maximum Gasteiger partial charge on any atom is 0.0648 e. The summed E-state index contributed by atoms with van der Waals surface area (Å²) in [5.74, 6) is 0. The Kier molecular flexibility index (Phi) is 9.85. The van der Waals surface area contributed by atoms with Gasteiger partial charge in [0.15, 0.2) is 0 Å². The summed E-state index contributed by atoms with van der Waals surface area (Å²) in [5.41, 5.74) is 9.32. The summed E-state index contributed by atoms with van der Waals surface area (Å²) in [6.07, 6.45) is 8.55. The Morgan fingerprint density at radius 1 is 0.283 bits per heavy atom. The van der Waals surface area contributed by atoms with E-state index < -0.39 is 0 Å². The van der Waals surface area contributed by atoms with Gasteiger partial charge in [0, 0.05) is 67.0 Å². The van der Waals surface area contributed by atoms with Crippen LogP contribution in [0.5, 0.6) is 0 Å². The van der Waals surface area contributed by atoms with Gasteiger partial charge in [0.2, 0.25) is 0 Å². The number of para-hydroxylation sites is 4. The molecule has 0 atom stereocenters. The fourth-order valence-electron chi connectivity index (χ4n) is 7.22. The van der Waals surface area contributed by atoms with Crippen molar-refractivity contribution in [3.8, 4) is 0 Å². The van der Waals surface area contributed by atoms with Crippen LogP contribution in [0.2, 0.25) is 0 Å². The van der Waals surface area contributed by atoms with E-state index in [0.717, 1.165) is 49.0 Å². The Hall–Kier alpha value is -6.01. The van der Waals surface area contributed by atoms with Crippen molar-refractivity contribution in [3.05, 3.63) is 205 Å². The van der Waals surface area contributed by atoms with Crippen molar-refractivity contribution in [3.63, 3.8) is 0 Å². The molecule has 6 heterocycles. The zero-order valence-electron chi connectivity index (χ0n) is 29.2. The normalized spacial score (nSPS) is 11.2. The van der Waals surface area contributed by atoms with E-state index in [-0.39, 0.29) is 20.1 Å². The first kappa shape index (κ1) is 34.1. The third-order valence-corrected chi connectivity index (χ3v) is 9.78. The quantitative estimate of drug-likeness (QED) is 0.153. The van der Waals surface area contributed by atoms with Crippen LogP contribution in [0.1, 0.15) is 22.8 Å². The van der Waals surface area contributed by atoms with E-state index in [9.17, 15) is 0 Å². The Morgan fingerprint density at radius 2 is 0.528 bits per heavy atom. The third-order valence-electron chi connectivity index (χ3n) is 9.78. The molecule has 0 aliphatic heterocycles. The molecular weight excluding hydrogens is 829 g/mol. The number of nitrogens with zero attached hydrogens (tertiary/aromatic N) is 6. The third kappa shape index (κ3) is 7.36. The van der Waals surface area contributed by atoms with Gasteiger partial charge >= 0.3 is 0 Å². The van der Waals surface area contributed by atoms with Crippen LogP contribution >= 0.6 is 0 Å².